The summed E-state index contributed by atoms with van der Waals surface area (Å²) in [6.45, 7) is 1.98. The van der Waals surface area contributed by atoms with Crippen molar-refractivity contribution in [2.75, 3.05) is 6.61 Å². The minimum absolute atomic E-state index is 0.0399. The van der Waals surface area contributed by atoms with Crippen LogP contribution in [-0.2, 0) is 22.5 Å². The zero-order valence-electron chi connectivity index (χ0n) is 11.4. The summed E-state index contributed by atoms with van der Waals surface area (Å²) >= 11 is 5.04. The molecule has 0 amide bonds. The topological polar surface area (TPSA) is 89.9 Å². The zero-order valence-corrected chi connectivity index (χ0v) is 12.2. The molecule has 0 bridgehead atoms. The molecule has 0 saturated heterocycles. The van der Waals surface area contributed by atoms with Crippen molar-refractivity contribution < 1.29 is 9.53 Å². The second-order valence-corrected chi connectivity index (χ2v) is 4.66. The number of aromatic nitrogens is 4. The number of rotatable bonds is 5. The number of nitrogens with zero attached hydrogens (tertiary/aromatic N) is 3. The maximum absolute atomic E-state index is 11.9. The molecule has 0 aliphatic heterocycles. The summed E-state index contributed by atoms with van der Waals surface area (Å²) < 4.78 is 6.53. The van der Waals surface area contributed by atoms with Gasteiger partial charge in [0.1, 0.15) is 12.9 Å². The van der Waals surface area contributed by atoms with Gasteiger partial charge in [0.2, 0.25) is 0 Å². The molecule has 0 aromatic carbocycles. The average Bonchev–Trinajstić information content (AvgIpc) is 2.45. The SMILES string of the molecule is CCOC(=O)Cn1cc(Cc2cncnc2)c(=O)[nH]c1=S. The summed E-state index contributed by atoms with van der Waals surface area (Å²) in [5.74, 6) is -0.408. The Kier molecular flexibility index (Phi) is 4.94. The smallest absolute Gasteiger partial charge is 0.326 e. The van der Waals surface area contributed by atoms with Gasteiger partial charge in [-0.1, -0.05) is 0 Å². The second-order valence-electron chi connectivity index (χ2n) is 4.27. The predicted molar refractivity (Wildman–Crippen MR) is 77.4 cm³/mol. The zero-order chi connectivity index (χ0) is 15.2. The van der Waals surface area contributed by atoms with E-state index < -0.39 is 5.97 Å². The molecule has 0 radical (unpaired) electrons. The van der Waals surface area contributed by atoms with E-state index in [4.69, 9.17) is 17.0 Å². The lowest BCUT2D eigenvalue weighted by atomic mass is 10.1. The highest BCUT2D eigenvalue weighted by molar-refractivity contribution is 7.71. The minimum atomic E-state index is -0.408. The number of nitrogens with one attached hydrogen (secondary N) is 1. The van der Waals surface area contributed by atoms with Crippen LogP contribution in [0, 0.1) is 4.77 Å². The Morgan fingerprint density at radius 3 is 2.81 bits per heavy atom. The fraction of sp³-hybridized carbons (Fsp3) is 0.308. The van der Waals surface area contributed by atoms with Crippen LogP contribution < -0.4 is 5.56 Å². The van der Waals surface area contributed by atoms with Crippen molar-refractivity contribution in [1.82, 2.24) is 19.5 Å². The lowest BCUT2D eigenvalue weighted by Gasteiger charge is -2.08. The lowest BCUT2D eigenvalue weighted by molar-refractivity contribution is -0.143. The Labute approximate surface area is 125 Å². The fourth-order valence-corrected chi connectivity index (χ4v) is 1.99. The summed E-state index contributed by atoms with van der Waals surface area (Å²) in [4.78, 5) is 33.8. The highest BCUT2D eigenvalue weighted by atomic mass is 32.1. The Morgan fingerprint density at radius 2 is 2.14 bits per heavy atom. The van der Waals surface area contributed by atoms with Gasteiger partial charge in [0.15, 0.2) is 4.77 Å². The van der Waals surface area contributed by atoms with E-state index in [9.17, 15) is 9.59 Å². The van der Waals surface area contributed by atoms with Crippen molar-refractivity contribution in [3.63, 3.8) is 0 Å². The van der Waals surface area contributed by atoms with Crippen molar-refractivity contribution in [2.24, 2.45) is 0 Å². The number of hydrogen-bond acceptors (Lipinski definition) is 6. The summed E-state index contributed by atoms with van der Waals surface area (Å²) in [7, 11) is 0. The van der Waals surface area contributed by atoms with Gasteiger partial charge in [0.25, 0.3) is 5.56 Å². The number of aromatic amines is 1. The van der Waals surface area contributed by atoms with E-state index in [1.807, 2.05) is 0 Å². The van der Waals surface area contributed by atoms with Gasteiger partial charge in [0, 0.05) is 30.6 Å². The molecule has 0 atom stereocenters. The first kappa shape index (κ1) is 15.0. The molecule has 0 aliphatic rings. The van der Waals surface area contributed by atoms with Crippen LogP contribution >= 0.6 is 12.2 Å². The third-order valence-electron chi connectivity index (χ3n) is 2.70. The van der Waals surface area contributed by atoms with Crippen molar-refractivity contribution >= 4 is 18.2 Å². The molecular formula is C13H14N4O3S. The second kappa shape index (κ2) is 6.89. The summed E-state index contributed by atoms with van der Waals surface area (Å²) in [5, 5.41) is 0. The number of carbonyl (C=O) groups excluding carboxylic acids is 1. The predicted octanol–water partition coefficient (Wildman–Crippen LogP) is 0.850. The van der Waals surface area contributed by atoms with Crippen LogP contribution in [0.1, 0.15) is 18.1 Å². The van der Waals surface area contributed by atoms with Gasteiger partial charge in [0.05, 0.1) is 6.61 Å². The first-order chi connectivity index (χ1) is 10.1. The van der Waals surface area contributed by atoms with Crippen molar-refractivity contribution in [2.45, 2.75) is 19.9 Å². The standard InChI is InChI=1S/C13H14N4O3S/c1-2-20-11(18)7-17-6-10(12(19)16-13(17)21)3-9-4-14-8-15-5-9/h4-6,8H,2-3,7H2,1H3,(H,16,19,21). The van der Waals surface area contributed by atoms with Crippen molar-refractivity contribution in [3.05, 3.63) is 51.2 Å². The average molecular weight is 306 g/mol. The minimum Gasteiger partial charge on any atom is -0.465 e. The van der Waals surface area contributed by atoms with Gasteiger partial charge < -0.3 is 9.30 Å². The molecule has 110 valence electrons. The van der Waals surface area contributed by atoms with E-state index in [0.717, 1.165) is 5.56 Å². The van der Waals surface area contributed by atoms with Crippen LogP contribution in [-0.4, -0.2) is 32.1 Å². The highest BCUT2D eigenvalue weighted by Crippen LogP contribution is 2.03. The molecule has 0 fully saturated rings. The first-order valence-electron chi connectivity index (χ1n) is 6.32. The summed E-state index contributed by atoms with van der Waals surface area (Å²) in [6, 6.07) is 0. The third-order valence-corrected chi connectivity index (χ3v) is 3.03. The monoisotopic (exact) mass is 306 g/mol. The Morgan fingerprint density at radius 1 is 1.43 bits per heavy atom. The van der Waals surface area contributed by atoms with E-state index in [1.165, 1.54) is 10.9 Å². The van der Waals surface area contributed by atoms with E-state index >= 15 is 0 Å². The summed E-state index contributed by atoms with van der Waals surface area (Å²) in [6.07, 6.45) is 6.59. The van der Waals surface area contributed by atoms with Crippen LogP contribution in [0.2, 0.25) is 0 Å². The molecule has 21 heavy (non-hydrogen) atoms. The number of carbonyl (C=O) groups is 1. The molecular weight excluding hydrogens is 292 g/mol. The molecule has 0 spiro atoms. The lowest BCUT2D eigenvalue weighted by Crippen LogP contribution is -2.22. The largest absolute Gasteiger partial charge is 0.465 e. The first-order valence-corrected chi connectivity index (χ1v) is 6.73. The molecule has 2 rings (SSSR count). The van der Waals surface area contributed by atoms with Crippen LogP contribution in [0.4, 0.5) is 0 Å². The van der Waals surface area contributed by atoms with E-state index in [2.05, 4.69) is 15.0 Å². The maximum Gasteiger partial charge on any atom is 0.326 e. The Balaban J connectivity index is 2.28. The fourth-order valence-electron chi connectivity index (χ4n) is 1.78. The van der Waals surface area contributed by atoms with Gasteiger partial charge in [-0.15, -0.1) is 0 Å². The molecule has 0 aliphatic carbocycles. The molecule has 1 N–H and O–H groups in total. The number of H-pyrrole nitrogens is 1. The number of hydrogen-bond donors (Lipinski definition) is 1. The van der Waals surface area contributed by atoms with Gasteiger partial charge >= 0.3 is 5.97 Å². The van der Waals surface area contributed by atoms with E-state index in [-0.39, 0.29) is 16.9 Å². The molecule has 2 aromatic heterocycles. The molecule has 0 unspecified atom stereocenters. The molecule has 0 saturated carbocycles. The number of ether oxygens (including phenoxy) is 1. The van der Waals surface area contributed by atoms with Crippen LogP contribution in [0.25, 0.3) is 0 Å². The van der Waals surface area contributed by atoms with Gasteiger partial charge in [-0.3, -0.25) is 14.6 Å². The number of esters is 1. The van der Waals surface area contributed by atoms with Crippen LogP contribution in [0.3, 0.4) is 0 Å². The van der Waals surface area contributed by atoms with Crippen LogP contribution in [0.15, 0.2) is 29.7 Å². The van der Waals surface area contributed by atoms with Crippen molar-refractivity contribution in [1.29, 1.82) is 0 Å². The van der Waals surface area contributed by atoms with Gasteiger partial charge in [-0.05, 0) is 24.7 Å². The van der Waals surface area contributed by atoms with Gasteiger partial charge in [-0.2, -0.15) is 0 Å². The quantitative estimate of drug-likeness (QED) is 0.650. The Hall–Kier alpha value is -2.35. The normalized spacial score (nSPS) is 10.3. The van der Waals surface area contributed by atoms with E-state index in [0.29, 0.717) is 18.6 Å². The van der Waals surface area contributed by atoms with Gasteiger partial charge in [-0.25, -0.2) is 9.97 Å². The maximum atomic E-state index is 11.9. The molecule has 2 aromatic rings. The molecule has 2 heterocycles. The third kappa shape index (κ3) is 4.06. The summed E-state index contributed by atoms with van der Waals surface area (Å²) in [5.41, 5.74) is 0.981. The Bertz CT molecular complexity index is 739. The molecule has 8 heteroatoms. The van der Waals surface area contributed by atoms with Crippen LogP contribution in [0.5, 0.6) is 0 Å². The van der Waals surface area contributed by atoms with Crippen molar-refractivity contribution in [3.8, 4) is 0 Å². The highest BCUT2D eigenvalue weighted by Gasteiger charge is 2.08. The molecule has 7 nitrogen and oxygen atoms in total. The van der Waals surface area contributed by atoms with E-state index in [1.54, 1.807) is 25.5 Å².